The first-order valence-electron chi connectivity index (χ1n) is 8.49. The van der Waals surface area contributed by atoms with Gasteiger partial charge in [-0.15, -0.1) is 0 Å². The Kier molecular flexibility index (Phi) is 4.99. The smallest absolute Gasteiger partial charge is 0.251 e. The van der Waals surface area contributed by atoms with Gasteiger partial charge in [0.15, 0.2) is 0 Å². The largest absolute Gasteiger partial charge is 0.396 e. The van der Waals surface area contributed by atoms with Crippen molar-refractivity contribution in [3.63, 3.8) is 0 Å². The van der Waals surface area contributed by atoms with Gasteiger partial charge in [-0.25, -0.2) is 0 Å². The summed E-state index contributed by atoms with van der Waals surface area (Å²) in [5, 5.41) is 12.3. The van der Waals surface area contributed by atoms with E-state index in [0.717, 1.165) is 45.6 Å². The van der Waals surface area contributed by atoms with Crippen LogP contribution in [-0.4, -0.2) is 67.2 Å². The first-order valence-corrected chi connectivity index (χ1v) is 8.49. The Bertz CT molecular complexity index is 549. The second-order valence-corrected chi connectivity index (χ2v) is 7.12. The van der Waals surface area contributed by atoms with Gasteiger partial charge in [0.1, 0.15) is 0 Å². The molecule has 5 heteroatoms. The van der Waals surface area contributed by atoms with E-state index in [1.165, 1.54) is 5.56 Å². The number of carbonyl (C=O) groups is 1. The van der Waals surface area contributed by atoms with Gasteiger partial charge in [0.25, 0.3) is 5.91 Å². The number of nitrogens with zero attached hydrogens (tertiary/aromatic N) is 2. The fraction of sp³-hybridized carbons (Fsp3) is 0.611. The molecule has 1 saturated heterocycles. The van der Waals surface area contributed by atoms with Crippen molar-refractivity contribution in [1.29, 1.82) is 0 Å². The molecule has 1 aromatic carbocycles. The summed E-state index contributed by atoms with van der Waals surface area (Å²) in [5.41, 5.74) is 1.85. The average Bonchev–Trinajstić information content (AvgIpc) is 3.36. The molecule has 0 bridgehead atoms. The SMILES string of the molecule is CN1CCN(Cc2cccc(C(=O)NCC3(CO)CC3)c2)CC1. The van der Waals surface area contributed by atoms with Crippen LogP contribution in [0.1, 0.15) is 28.8 Å². The molecule has 3 rings (SSSR count). The molecule has 0 spiro atoms. The standard InChI is InChI=1S/C18H27N3O2/c1-20-7-9-21(10-8-20)12-15-3-2-4-16(11-15)17(23)19-13-18(14-22)5-6-18/h2-4,11,22H,5-10,12-14H2,1H3,(H,19,23). The molecule has 126 valence electrons. The molecule has 0 atom stereocenters. The minimum Gasteiger partial charge on any atom is -0.396 e. The number of hydrogen-bond donors (Lipinski definition) is 2. The van der Waals surface area contributed by atoms with Crippen molar-refractivity contribution in [2.24, 2.45) is 5.41 Å². The third-order valence-corrected chi connectivity index (χ3v) is 5.11. The number of carbonyl (C=O) groups excluding carboxylic acids is 1. The second kappa shape index (κ2) is 6.99. The summed E-state index contributed by atoms with van der Waals surface area (Å²) in [4.78, 5) is 17.1. The van der Waals surface area contributed by atoms with E-state index >= 15 is 0 Å². The van der Waals surface area contributed by atoms with Gasteiger partial charge in [0.2, 0.25) is 0 Å². The molecular weight excluding hydrogens is 290 g/mol. The van der Waals surface area contributed by atoms with Gasteiger partial charge >= 0.3 is 0 Å². The van der Waals surface area contributed by atoms with Crippen LogP contribution in [0.4, 0.5) is 0 Å². The van der Waals surface area contributed by atoms with E-state index in [2.05, 4.69) is 28.2 Å². The summed E-state index contributed by atoms with van der Waals surface area (Å²) in [6.45, 7) is 5.99. The van der Waals surface area contributed by atoms with Crippen molar-refractivity contribution >= 4 is 5.91 Å². The van der Waals surface area contributed by atoms with E-state index in [4.69, 9.17) is 0 Å². The summed E-state index contributed by atoms with van der Waals surface area (Å²) in [7, 11) is 2.15. The van der Waals surface area contributed by atoms with Crippen LogP contribution in [-0.2, 0) is 6.54 Å². The lowest BCUT2D eigenvalue weighted by Gasteiger charge is -2.32. The zero-order valence-electron chi connectivity index (χ0n) is 13.9. The van der Waals surface area contributed by atoms with Crippen molar-refractivity contribution in [3.05, 3.63) is 35.4 Å². The monoisotopic (exact) mass is 317 g/mol. The second-order valence-electron chi connectivity index (χ2n) is 7.12. The zero-order chi connectivity index (χ0) is 16.3. The van der Waals surface area contributed by atoms with Gasteiger partial charge in [-0.1, -0.05) is 12.1 Å². The van der Waals surface area contributed by atoms with Gasteiger partial charge in [0.05, 0.1) is 6.61 Å². The molecule has 0 unspecified atom stereocenters. The van der Waals surface area contributed by atoms with E-state index in [1.54, 1.807) is 0 Å². The van der Waals surface area contributed by atoms with Crippen LogP contribution in [0.25, 0.3) is 0 Å². The average molecular weight is 317 g/mol. The minimum absolute atomic E-state index is 0.0371. The first kappa shape index (κ1) is 16.4. The molecule has 23 heavy (non-hydrogen) atoms. The van der Waals surface area contributed by atoms with Crippen LogP contribution in [0.2, 0.25) is 0 Å². The molecule has 1 aliphatic heterocycles. The Morgan fingerprint density at radius 3 is 2.65 bits per heavy atom. The highest BCUT2D eigenvalue weighted by atomic mass is 16.3. The van der Waals surface area contributed by atoms with Gasteiger partial charge in [-0.2, -0.15) is 0 Å². The molecule has 2 fully saturated rings. The van der Waals surface area contributed by atoms with Crippen LogP contribution >= 0.6 is 0 Å². The van der Waals surface area contributed by atoms with Crippen molar-refractivity contribution in [2.75, 3.05) is 46.4 Å². The number of hydrogen-bond acceptors (Lipinski definition) is 4. The Labute approximate surface area is 138 Å². The van der Waals surface area contributed by atoms with E-state index in [9.17, 15) is 9.90 Å². The van der Waals surface area contributed by atoms with Crippen molar-refractivity contribution in [3.8, 4) is 0 Å². The first-order chi connectivity index (χ1) is 11.1. The highest BCUT2D eigenvalue weighted by molar-refractivity contribution is 5.94. The molecule has 1 saturated carbocycles. The molecule has 2 aliphatic rings. The number of rotatable bonds is 6. The Hall–Kier alpha value is -1.43. The van der Waals surface area contributed by atoms with E-state index in [-0.39, 0.29) is 17.9 Å². The van der Waals surface area contributed by atoms with Crippen molar-refractivity contribution < 1.29 is 9.90 Å². The summed E-state index contributed by atoms with van der Waals surface area (Å²) in [6, 6.07) is 7.90. The third kappa shape index (κ3) is 4.31. The molecule has 1 heterocycles. The Balaban J connectivity index is 1.55. The van der Waals surface area contributed by atoms with Crippen molar-refractivity contribution in [2.45, 2.75) is 19.4 Å². The maximum atomic E-state index is 12.3. The van der Waals surface area contributed by atoms with E-state index in [1.807, 2.05) is 18.2 Å². The summed E-state index contributed by atoms with van der Waals surface area (Å²) >= 11 is 0. The van der Waals surface area contributed by atoms with Crippen LogP contribution in [0.5, 0.6) is 0 Å². The van der Waals surface area contributed by atoms with Gasteiger partial charge in [-0.3, -0.25) is 9.69 Å². The molecule has 1 aliphatic carbocycles. The molecule has 0 aromatic heterocycles. The molecule has 5 nitrogen and oxygen atoms in total. The molecule has 1 aromatic rings. The molecular formula is C18H27N3O2. The minimum atomic E-state index is -0.0485. The van der Waals surface area contributed by atoms with Crippen LogP contribution in [0.15, 0.2) is 24.3 Å². The fourth-order valence-electron chi connectivity index (χ4n) is 3.01. The number of amides is 1. The lowest BCUT2D eigenvalue weighted by atomic mass is 10.1. The Morgan fingerprint density at radius 2 is 2.00 bits per heavy atom. The van der Waals surface area contributed by atoms with E-state index in [0.29, 0.717) is 12.1 Å². The quantitative estimate of drug-likeness (QED) is 0.820. The normalized spacial score (nSPS) is 21.1. The van der Waals surface area contributed by atoms with Crippen LogP contribution in [0, 0.1) is 5.41 Å². The Morgan fingerprint density at radius 1 is 1.26 bits per heavy atom. The predicted molar refractivity (Wildman–Crippen MR) is 90.3 cm³/mol. The molecule has 2 N–H and O–H groups in total. The highest BCUT2D eigenvalue weighted by Gasteiger charge is 2.42. The molecule has 1 amide bonds. The topological polar surface area (TPSA) is 55.8 Å². The number of nitrogens with one attached hydrogen (secondary N) is 1. The number of likely N-dealkylation sites (N-methyl/N-ethyl adjacent to an activating group) is 1. The number of aliphatic hydroxyl groups is 1. The number of piperazine rings is 1. The predicted octanol–water partition coefficient (Wildman–Crippen LogP) is 0.936. The van der Waals surface area contributed by atoms with Crippen LogP contribution < -0.4 is 5.32 Å². The van der Waals surface area contributed by atoms with Crippen molar-refractivity contribution in [1.82, 2.24) is 15.1 Å². The van der Waals surface area contributed by atoms with Gasteiger partial charge in [0, 0.05) is 50.2 Å². The maximum Gasteiger partial charge on any atom is 0.251 e. The third-order valence-electron chi connectivity index (χ3n) is 5.11. The summed E-state index contributed by atoms with van der Waals surface area (Å²) < 4.78 is 0. The van der Waals surface area contributed by atoms with Crippen LogP contribution in [0.3, 0.4) is 0 Å². The lowest BCUT2D eigenvalue weighted by molar-refractivity contribution is 0.0935. The lowest BCUT2D eigenvalue weighted by Crippen LogP contribution is -2.43. The maximum absolute atomic E-state index is 12.3. The van der Waals surface area contributed by atoms with E-state index < -0.39 is 0 Å². The van der Waals surface area contributed by atoms with Gasteiger partial charge in [-0.05, 0) is 37.6 Å². The number of benzene rings is 1. The number of aliphatic hydroxyl groups excluding tert-OH is 1. The fourth-order valence-corrected chi connectivity index (χ4v) is 3.01. The molecule has 0 radical (unpaired) electrons. The zero-order valence-corrected chi connectivity index (χ0v) is 13.9. The van der Waals surface area contributed by atoms with Gasteiger partial charge < -0.3 is 15.3 Å². The summed E-state index contributed by atoms with van der Waals surface area (Å²) in [5.74, 6) is -0.0371. The highest BCUT2D eigenvalue weighted by Crippen LogP contribution is 2.44. The summed E-state index contributed by atoms with van der Waals surface area (Å²) in [6.07, 6.45) is 2.01.